The Morgan fingerprint density at radius 2 is 1.92 bits per heavy atom. The average molecular weight is 344 g/mol. The summed E-state index contributed by atoms with van der Waals surface area (Å²) >= 11 is 0. The smallest absolute Gasteiger partial charge is 0.404 e. The van der Waals surface area contributed by atoms with Crippen LogP contribution >= 0.6 is 0 Å². The van der Waals surface area contributed by atoms with Crippen molar-refractivity contribution in [1.29, 1.82) is 0 Å². The van der Waals surface area contributed by atoms with E-state index in [4.69, 9.17) is 4.74 Å². The summed E-state index contributed by atoms with van der Waals surface area (Å²) in [6.07, 6.45) is -2.56. The number of amides is 1. The maximum atomic E-state index is 12.4. The fourth-order valence-corrected chi connectivity index (χ4v) is 3.15. The average Bonchev–Trinajstić information content (AvgIpc) is 2.85. The Labute approximate surface area is 137 Å². The van der Waals surface area contributed by atoms with Gasteiger partial charge in [0, 0.05) is 13.1 Å². The highest BCUT2D eigenvalue weighted by Crippen LogP contribution is 2.31. The lowest BCUT2D eigenvalue weighted by molar-refractivity contribution is -0.274. The van der Waals surface area contributed by atoms with Gasteiger partial charge in [-0.15, -0.1) is 13.2 Å². The van der Waals surface area contributed by atoms with Gasteiger partial charge >= 0.3 is 6.36 Å². The number of carbonyl (C=O) groups is 1. The van der Waals surface area contributed by atoms with Crippen molar-refractivity contribution in [2.45, 2.75) is 44.4 Å². The summed E-state index contributed by atoms with van der Waals surface area (Å²) in [5, 5.41) is 2.53. The van der Waals surface area contributed by atoms with Crippen LogP contribution < -0.4 is 10.1 Å². The molecule has 2 bridgehead atoms. The van der Waals surface area contributed by atoms with Gasteiger partial charge in [0.05, 0.1) is 23.9 Å². The second kappa shape index (κ2) is 6.60. The van der Waals surface area contributed by atoms with Crippen LogP contribution in [0.3, 0.4) is 0 Å². The zero-order valence-electron chi connectivity index (χ0n) is 13.2. The van der Waals surface area contributed by atoms with Gasteiger partial charge in [0.15, 0.2) is 5.75 Å². The van der Waals surface area contributed by atoms with Gasteiger partial charge in [-0.2, -0.15) is 0 Å². The number of anilines is 1. The van der Waals surface area contributed by atoms with Gasteiger partial charge in [0.1, 0.15) is 0 Å². The first-order valence-corrected chi connectivity index (χ1v) is 7.87. The number of hydrogen-bond donors (Lipinski definition) is 1. The monoisotopic (exact) mass is 344 g/mol. The van der Waals surface area contributed by atoms with Crippen LogP contribution in [0.4, 0.5) is 18.9 Å². The van der Waals surface area contributed by atoms with Gasteiger partial charge in [-0.1, -0.05) is 12.1 Å². The van der Waals surface area contributed by atoms with E-state index in [2.05, 4.69) is 10.1 Å². The van der Waals surface area contributed by atoms with Crippen LogP contribution in [0.2, 0.25) is 0 Å². The van der Waals surface area contributed by atoms with Crippen LogP contribution in [0.15, 0.2) is 24.3 Å². The molecule has 0 radical (unpaired) electrons. The van der Waals surface area contributed by atoms with Gasteiger partial charge < -0.3 is 14.8 Å². The SMILES string of the molecule is CC(C(=O)Nc1ccccc1OC(F)(F)F)N1CC2CCC(C1)O2. The first-order valence-electron chi connectivity index (χ1n) is 7.87. The van der Waals surface area contributed by atoms with E-state index in [1.165, 1.54) is 18.2 Å². The van der Waals surface area contributed by atoms with Gasteiger partial charge in [0.2, 0.25) is 5.91 Å². The van der Waals surface area contributed by atoms with Gasteiger partial charge in [0.25, 0.3) is 0 Å². The quantitative estimate of drug-likeness (QED) is 0.913. The van der Waals surface area contributed by atoms with E-state index in [0.717, 1.165) is 12.8 Å². The number of hydrogen-bond acceptors (Lipinski definition) is 4. The summed E-state index contributed by atoms with van der Waals surface area (Å²) in [5.74, 6) is -0.790. The topological polar surface area (TPSA) is 50.8 Å². The summed E-state index contributed by atoms with van der Waals surface area (Å²) in [5.41, 5.74) is 0.00269. The Morgan fingerprint density at radius 3 is 2.54 bits per heavy atom. The Hall–Kier alpha value is -1.80. The maximum Gasteiger partial charge on any atom is 0.573 e. The largest absolute Gasteiger partial charge is 0.573 e. The molecule has 2 fully saturated rings. The van der Waals surface area contributed by atoms with Crippen molar-refractivity contribution in [2.75, 3.05) is 18.4 Å². The number of nitrogens with zero attached hydrogens (tertiary/aromatic N) is 1. The number of alkyl halides is 3. The number of likely N-dealkylation sites (tertiary alicyclic amines) is 1. The number of morpholine rings is 1. The lowest BCUT2D eigenvalue weighted by Gasteiger charge is -2.35. The highest BCUT2D eigenvalue weighted by atomic mass is 19.4. The number of fused-ring (bicyclic) bond motifs is 2. The zero-order chi connectivity index (χ0) is 17.3. The molecule has 2 saturated heterocycles. The summed E-state index contributed by atoms with van der Waals surface area (Å²) in [6, 6.07) is 5.05. The van der Waals surface area contributed by atoms with Crippen molar-refractivity contribution in [1.82, 2.24) is 4.90 Å². The molecular weight excluding hydrogens is 325 g/mol. The molecule has 3 rings (SSSR count). The lowest BCUT2D eigenvalue weighted by atomic mass is 10.2. The zero-order valence-corrected chi connectivity index (χ0v) is 13.2. The van der Waals surface area contributed by atoms with E-state index < -0.39 is 18.2 Å². The molecule has 1 aromatic carbocycles. The molecule has 2 aliphatic heterocycles. The minimum absolute atomic E-state index is 0.00269. The van der Waals surface area contributed by atoms with Crippen LogP contribution in [0, 0.1) is 0 Å². The Kier molecular flexibility index (Phi) is 4.69. The van der Waals surface area contributed by atoms with Crippen LogP contribution in [-0.2, 0) is 9.53 Å². The van der Waals surface area contributed by atoms with Gasteiger partial charge in [-0.25, -0.2) is 0 Å². The Morgan fingerprint density at radius 1 is 1.29 bits per heavy atom. The van der Waals surface area contributed by atoms with E-state index in [0.29, 0.717) is 13.1 Å². The molecule has 2 aliphatic rings. The second-order valence-corrected chi connectivity index (χ2v) is 6.12. The number of nitrogens with one attached hydrogen (secondary N) is 1. The molecule has 8 heteroatoms. The van der Waals surface area contributed by atoms with Crippen LogP contribution in [0.25, 0.3) is 0 Å². The molecule has 0 aromatic heterocycles. The number of carbonyl (C=O) groups excluding carboxylic acids is 1. The molecule has 1 amide bonds. The molecule has 3 unspecified atom stereocenters. The van der Waals surface area contributed by atoms with Crippen LogP contribution in [0.1, 0.15) is 19.8 Å². The lowest BCUT2D eigenvalue weighted by Crippen LogP contribution is -2.51. The van der Waals surface area contributed by atoms with Crippen molar-refractivity contribution >= 4 is 11.6 Å². The summed E-state index contributed by atoms with van der Waals surface area (Å²) in [7, 11) is 0. The maximum absolute atomic E-state index is 12.4. The van der Waals surface area contributed by atoms with Crippen molar-refractivity contribution in [3.05, 3.63) is 24.3 Å². The van der Waals surface area contributed by atoms with Crippen molar-refractivity contribution in [3.63, 3.8) is 0 Å². The van der Waals surface area contributed by atoms with Crippen molar-refractivity contribution < 1.29 is 27.4 Å². The molecule has 1 aromatic rings. The Bertz CT molecular complexity index is 596. The molecular formula is C16H19F3N2O3. The molecule has 5 nitrogen and oxygen atoms in total. The minimum atomic E-state index is -4.81. The number of benzene rings is 1. The normalized spacial score (nSPS) is 25.3. The molecule has 2 heterocycles. The second-order valence-electron chi connectivity index (χ2n) is 6.12. The van der Waals surface area contributed by atoms with E-state index in [1.807, 2.05) is 4.90 Å². The third-order valence-corrected chi connectivity index (χ3v) is 4.37. The number of ether oxygens (including phenoxy) is 2. The molecule has 3 atom stereocenters. The molecule has 0 spiro atoms. The van der Waals surface area contributed by atoms with Crippen molar-refractivity contribution in [3.8, 4) is 5.75 Å². The fourth-order valence-electron chi connectivity index (χ4n) is 3.15. The molecule has 0 aliphatic carbocycles. The molecule has 24 heavy (non-hydrogen) atoms. The summed E-state index contributed by atoms with van der Waals surface area (Å²) in [6.45, 7) is 3.06. The Balaban J connectivity index is 1.66. The third kappa shape index (κ3) is 3.99. The number of para-hydroxylation sites is 2. The predicted molar refractivity (Wildman–Crippen MR) is 80.7 cm³/mol. The van der Waals surface area contributed by atoms with E-state index >= 15 is 0 Å². The fraction of sp³-hybridized carbons (Fsp3) is 0.562. The van der Waals surface area contributed by atoms with E-state index in [9.17, 15) is 18.0 Å². The van der Waals surface area contributed by atoms with Crippen LogP contribution in [-0.4, -0.2) is 48.5 Å². The molecule has 132 valence electrons. The van der Waals surface area contributed by atoms with Gasteiger partial charge in [-0.05, 0) is 31.9 Å². The van der Waals surface area contributed by atoms with E-state index in [1.54, 1.807) is 13.0 Å². The highest BCUT2D eigenvalue weighted by Gasteiger charge is 2.37. The van der Waals surface area contributed by atoms with E-state index in [-0.39, 0.29) is 23.8 Å². The standard InChI is InChI=1S/C16H19F3N2O3/c1-10(21-8-11-6-7-12(9-21)23-11)15(22)20-13-4-2-3-5-14(13)24-16(17,18)19/h2-5,10-12H,6-9H2,1H3,(H,20,22). The highest BCUT2D eigenvalue weighted by molar-refractivity contribution is 5.95. The predicted octanol–water partition coefficient (Wildman–Crippen LogP) is 2.78. The molecule has 0 saturated carbocycles. The van der Waals surface area contributed by atoms with Gasteiger partial charge in [-0.3, -0.25) is 9.69 Å². The molecule has 1 N–H and O–H groups in total. The first-order chi connectivity index (χ1) is 11.3. The number of halogens is 3. The van der Waals surface area contributed by atoms with Crippen molar-refractivity contribution in [2.24, 2.45) is 0 Å². The third-order valence-electron chi connectivity index (χ3n) is 4.37. The minimum Gasteiger partial charge on any atom is -0.404 e. The summed E-state index contributed by atoms with van der Waals surface area (Å²) in [4.78, 5) is 14.4. The van der Waals surface area contributed by atoms with Crippen LogP contribution in [0.5, 0.6) is 5.75 Å². The first kappa shape index (κ1) is 17.0. The summed E-state index contributed by atoms with van der Waals surface area (Å²) < 4.78 is 47.0. The number of rotatable bonds is 4.